The first kappa shape index (κ1) is 21.5. The molecule has 0 aliphatic carbocycles. The third kappa shape index (κ3) is 14.4. The van der Waals surface area contributed by atoms with Crippen LogP contribution in [-0.4, -0.2) is 11.1 Å². The molecular formula is C20H40O2. The highest BCUT2D eigenvalue weighted by Gasteiger charge is 2.12. The molecule has 0 spiro atoms. The molecule has 132 valence electrons. The number of carboxylic acid groups (broad SMARTS) is 1. The largest absolute Gasteiger partial charge is 0.481 e. The van der Waals surface area contributed by atoms with E-state index >= 15 is 0 Å². The monoisotopic (exact) mass is 312 g/mol. The number of rotatable bonds is 16. The third-order valence-electron chi connectivity index (χ3n) is 4.81. The van der Waals surface area contributed by atoms with Crippen LogP contribution in [0.15, 0.2) is 0 Å². The van der Waals surface area contributed by atoms with Crippen molar-refractivity contribution >= 4 is 5.97 Å². The Morgan fingerprint density at radius 3 is 1.64 bits per heavy atom. The van der Waals surface area contributed by atoms with Crippen molar-refractivity contribution in [2.75, 3.05) is 0 Å². The summed E-state index contributed by atoms with van der Waals surface area (Å²) in [6, 6.07) is 0. The summed E-state index contributed by atoms with van der Waals surface area (Å²) >= 11 is 0. The molecule has 0 aromatic carbocycles. The molecule has 0 aliphatic rings. The van der Waals surface area contributed by atoms with E-state index in [0.29, 0.717) is 5.92 Å². The normalized spacial score (nSPS) is 14.0. The van der Waals surface area contributed by atoms with Crippen LogP contribution in [0, 0.1) is 11.8 Å². The maximum Gasteiger partial charge on any atom is 0.306 e. The summed E-state index contributed by atoms with van der Waals surface area (Å²) in [7, 11) is 0. The summed E-state index contributed by atoms with van der Waals surface area (Å²) in [6.07, 6.45) is 18.5. The van der Waals surface area contributed by atoms with Crippen molar-refractivity contribution in [2.45, 2.75) is 111 Å². The maximum atomic E-state index is 10.8. The lowest BCUT2D eigenvalue weighted by atomic mass is 9.93. The van der Waals surface area contributed by atoms with Crippen LogP contribution in [0.1, 0.15) is 111 Å². The molecule has 0 aromatic rings. The van der Waals surface area contributed by atoms with Gasteiger partial charge in [0.2, 0.25) is 0 Å². The Morgan fingerprint density at radius 2 is 1.18 bits per heavy atom. The second-order valence-corrected chi connectivity index (χ2v) is 7.25. The lowest BCUT2D eigenvalue weighted by Gasteiger charge is -2.12. The first-order valence-corrected chi connectivity index (χ1v) is 9.80. The zero-order valence-corrected chi connectivity index (χ0v) is 15.4. The Hall–Kier alpha value is -0.530. The highest BCUT2D eigenvalue weighted by atomic mass is 16.4. The summed E-state index contributed by atoms with van der Waals surface area (Å²) in [4.78, 5) is 10.8. The predicted molar refractivity (Wildman–Crippen MR) is 96.3 cm³/mol. The molecule has 0 aromatic heterocycles. The van der Waals surface area contributed by atoms with Gasteiger partial charge in [-0.2, -0.15) is 0 Å². The minimum atomic E-state index is -0.651. The molecule has 0 bridgehead atoms. The van der Waals surface area contributed by atoms with Crippen LogP contribution in [0.25, 0.3) is 0 Å². The maximum absolute atomic E-state index is 10.8. The first-order valence-electron chi connectivity index (χ1n) is 9.80. The molecule has 22 heavy (non-hydrogen) atoms. The fourth-order valence-corrected chi connectivity index (χ4v) is 2.96. The number of hydrogen-bond acceptors (Lipinski definition) is 1. The Balaban J connectivity index is 3.23. The molecule has 2 atom stereocenters. The second kappa shape index (κ2) is 15.4. The minimum Gasteiger partial charge on any atom is -0.481 e. The molecule has 1 N–H and O–H groups in total. The molecule has 2 nitrogen and oxygen atoms in total. The zero-order valence-electron chi connectivity index (χ0n) is 15.4. The number of carbonyl (C=O) groups is 1. The lowest BCUT2D eigenvalue weighted by Crippen LogP contribution is -2.10. The highest BCUT2D eigenvalue weighted by molar-refractivity contribution is 5.69. The molecule has 2 heteroatoms. The number of carboxylic acids is 1. The SMILES string of the molecule is CCCCCCCCCCCCCC(C)CCC(C)C(=O)O. The summed E-state index contributed by atoms with van der Waals surface area (Å²) in [5.74, 6) is -0.151. The van der Waals surface area contributed by atoms with E-state index in [-0.39, 0.29) is 5.92 Å². The van der Waals surface area contributed by atoms with Crippen LogP contribution >= 0.6 is 0 Å². The number of hydrogen-bond donors (Lipinski definition) is 1. The van der Waals surface area contributed by atoms with Gasteiger partial charge in [0.15, 0.2) is 0 Å². The van der Waals surface area contributed by atoms with Gasteiger partial charge in [-0.15, -0.1) is 0 Å². The molecule has 0 amide bonds. The first-order chi connectivity index (χ1) is 10.6. The van der Waals surface area contributed by atoms with E-state index in [4.69, 9.17) is 5.11 Å². The number of unbranched alkanes of at least 4 members (excludes halogenated alkanes) is 10. The quantitative estimate of drug-likeness (QED) is 0.317. The fraction of sp³-hybridized carbons (Fsp3) is 0.950. The van der Waals surface area contributed by atoms with Gasteiger partial charge in [-0.1, -0.05) is 97.8 Å². The van der Waals surface area contributed by atoms with Gasteiger partial charge in [-0.3, -0.25) is 4.79 Å². The Kier molecular flexibility index (Phi) is 15.0. The summed E-state index contributed by atoms with van der Waals surface area (Å²) < 4.78 is 0. The smallest absolute Gasteiger partial charge is 0.306 e. The predicted octanol–water partition coefficient (Wildman–Crippen LogP) is 6.82. The molecule has 0 radical (unpaired) electrons. The van der Waals surface area contributed by atoms with Crippen molar-refractivity contribution in [2.24, 2.45) is 11.8 Å². The Labute approximate surface area is 139 Å². The van der Waals surface area contributed by atoms with Gasteiger partial charge in [0.25, 0.3) is 0 Å². The van der Waals surface area contributed by atoms with Crippen molar-refractivity contribution in [1.82, 2.24) is 0 Å². The number of aliphatic carboxylic acids is 1. The highest BCUT2D eigenvalue weighted by Crippen LogP contribution is 2.19. The summed E-state index contributed by atoms with van der Waals surface area (Å²) in [5, 5.41) is 8.87. The topological polar surface area (TPSA) is 37.3 Å². The standard InChI is InChI=1S/C20H40O2/c1-4-5-6-7-8-9-10-11-12-13-14-15-18(2)16-17-19(3)20(21)22/h18-19H,4-17H2,1-3H3,(H,21,22). The summed E-state index contributed by atoms with van der Waals surface area (Å²) in [6.45, 7) is 6.36. The van der Waals surface area contributed by atoms with E-state index < -0.39 is 5.97 Å². The van der Waals surface area contributed by atoms with Crippen LogP contribution in [0.2, 0.25) is 0 Å². The molecule has 0 heterocycles. The van der Waals surface area contributed by atoms with E-state index in [1.165, 1.54) is 77.0 Å². The van der Waals surface area contributed by atoms with Crippen molar-refractivity contribution in [3.8, 4) is 0 Å². The van der Waals surface area contributed by atoms with Crippen molar-refractivity contribution in [3.05, 3.63) is 0 Å². The second-order valence-electron chi connectivity index (χ2n) is 7.25. The molecule has 0 fully saturated rings. The van der Waals surface area contributed by atoms with Gasteiger partial charge >= 0.3 is 5.97 Å². The Bertz CT molecular complexity index is 250. The van der Waals surface area contributed by atoms with Crippen LogP contribution < -0.4 is 0 Å². The van der Waals surface area contributed by atoms with Crippen LogP contribution in [0.5, 0.6) is 0 Å². The molecule has 0 rings (SSSR count). The summed E-state index contributed by atoms with van der Waals surface area (Å²) in [5.41, 5.74) is 0. The van der Waals surface area contributed by atoms with Gasteiger partial charge in [-0.05, 0) is 18.8 Å². The third-order valence-corrected chi connectivity index (χ3v) is 4.81. The van der Waals surface area contributed by atoms with Gasteiger partial charge in [0, 0.05) is 0 Å². The van der Waals surface area contributed by atoms with E-state index in [2.05, 4.69) is 13.8 Å². The van der Waals surface area contributed by atoms with Crippen LogP contribution in [0.4, 0.5) is 0 Å². The van der Waals surface area contributed by atoms with Crippen molar-refractivity contribution < 1.29 is 9.90 Å². The molecular weight excluding hydrogens is 272 g/mol. The van der Waals surface area contributed by atoms with Crippen molar-refractivity contribution in [1.29, 1.82) is 0 Å². The van der Waals surface area contributed by atoms with E-state index in [1.54, 1.807) is 0 Å². The van der Waals surface area contributed by atoms with Gasteiger partial charge in [-0.25, -0.2) is 0 Å². The van der Waals surface area contributed by atoms with Crippen LogP contribution in [-0.2, 0) is 4.79 Å². The fourth-order valence-electron chi connectivity index (χ4n) is 2.96. The minimum absolute atomic E-state index is 0.181. The van der Waals surface area contributed by atoms with Gasteiger partial charge < -0.3 is 5.11 Å². The Morgan fingerprint density at radius 1 is 0.727 bits per heavy atom. The molecule has 0 aliphatic heterocycles. The molecule has 0 saturated carbocycles. The average Bonchev–Trinajstić information content (AvgIpc) is 2.50. The average molecular weight is 313 g/mol. The van der Waals surface area contributed by atoms with E-state index in [0.717, 1.165) is 12.8 Å². The van der Waals surface area contributed by atoms with Gasteiger partial charge in [0.1, 0.15) is 0 Å². The van der Waals surface area contributed by atoms with Crippen LogP contribution in [0.3, 0.4) is 0 Å². The molecule has 2 unspecified atom stereocenters. The zero-order chi connectivity index (χ0) is 16.6. The molecule has 0 saturated heterocycles. The van der Waals surface area contributed by atoms with E-state index in [9.17, 15) is 4.79 Å². The van der Waals surface area contributed by atoms with Gasteiger partial charge in [0.05, 0.1) is 5.92 Å². The van der Waals surface area contributed by atoms with E-state index in [1.807, 2.05) is 6.92 Å². The van der Waals surface area contributed by atoms with Crippen molar-refractivity contribution in [3.63, 3.8) is 0 Å². The lowest BCUT2D eigenvalue weighted by molar-refractivity contribution is -0.141.